The Morgan fingerprint density at radius 1 is 1.40 bits per heavy atom. The van der Waals surface area contributed by atoms with Gasteiger partial charge in [-0.25, -0.2) is 0 Å². The third kappa shape index (κ3) is 2.33. The number of benzene rings is 1. The Morgan fingerprint density at radius 3 is 3.00 bits per heavy atom. The van der Waals surface area contributed by atoms with Gasteiger partial charge in [0.05, 0.1) is 0 Å². The van der Waals surface area contributed by atoms with Crippen molar-refractivity contribution in [2.75, 3.05) is 25.2 Å². The van der Waals surface area contributed by atoms with Crippen molar-refractivity contribution in [1.82, 2.24) is 0 Å². The molecule has 0 radical (unpaired) electrons. The van der Waals surface area contributed by atoms with Crippen LogP contribution in [0.25, 0.3) is 0 Å². The minimum Gasteiger partial charge on any atom is -0.454 e. The monoisotopic (exact) mass is 208 g/mol. The molecule has 0 spiro atoms. The topological polar surface area (TPSA) is 56.5 Å². The van der Waals surface area contributed by atoms with Crippen LogP contribution in [0.4, 0.5) is 5.69 Å². The van der Waals surface area contributed by atoms with Crippen LogP contribution in [0.3, 0.4) is 0 Å². The summed E-state index contributed by atoms with van der Waals surface area (Å²) < 4.78 is 10.5. The SMILES string of the molecule is CC(CN)CNc1ccc2c(c1)OCO2. The molecule has 1 aromatic carbocycles. The van der Waals surface area contributed by atoms with E-state index in [2.05, 4.69) is 12.2 Å². The highest BCUT2D eigenvalue weighted by atomic mass is 16.7. The van der Waals surface area contributed by atoms with Gasteiger partial charge in [0.25, 0.3) is 0 Å². The van der Waals surface area contributed by atoms with Gasteiger partial charge < -0.3 is 20.5 Å². The van der Waals surface area contributed by atoms with Crippen LogP contribution in [0.2, 0.25) is 0 Å². The van der Waals surface area contributed by atoms with E-state index in [9.17, 15) is 0 Å². The molecule has 4 nitrogen and oxygen atoms in total. The molecule has 0 saturated heterocycles. The van der Waals surface area contributed by atoms with Gasteiger partial charge in [-0.05, 0) is 24.6 Å². The second kappa shape index (κ2) is 4.40. The molecule has 1 atom stereocenters. The van der Waals surface area contributed by atoms with Gasteiger partial charge in [-0.15, -0.1) is 0 Å². The Bertz CT molecular complexity index is 341. The van der Waals surface area contributed by atoms with E-state index in [-0.39, 0.29) is 0 Å². The van der Waals surface area contributed by atoms with Crippen molar-refractivity contribution in [1.29, 1.82) is 0 Å². The molecule has 0 amide bonds. The second-order valence-electron chi connectivity index (χ2n) is 3.79. The Hall–Kier alpha value is -1.42. The molecule has 1 heterocycles. The predicted molar refractivity (Wildman–Crippen MR) is 59.3 cm³/mol. The van der Waals surface area contributed by atoms with E-state index >= 15 is 0 Å². The maximum Gasteiger partial charge on any atom is 0.231 e. The molecular formula is C11H16N2O2. The molecule has 0 fully saturated rings. The van der Waals surface area contributed by atoms with Crippen LogP contribution in [-0.2, 0) is 0 Å². The molecule has 0 aromatic heterocycles. The number of hydrogen-bond acceptors (Lipinski definition) is 4. The number of ether oxygens (including phenoxy) is 2. The first-order valence-corrected chi connectivity index (χ1v) is 5.13. The minimum absolute atomic E-state index is 0.317. The Kier molecular flexibility index (Phi) is 2.97. The smallest absolute Gasteiger partial charge is 0.231 e. The molecule has 15 heavy (non-hydrogen) atoms. The molecule has 1 aliphatic rings. The molecule has 0 saturated carbocycles. The van der Waals surface area contributed by atoms with E-state index < -0.39 is 0 Å². The summed E-state index contributed by atoms with van der Waals surface area (Å²) in [6, 6.07) is 5.85. The maximum absolute atomic E-state index is 5.54. The van der Waals surface area contributed by atoms with Crippen molar-refractivity contribution in [3.8, 4) is 11.5 Å². The van der Waals surface area contributed by atoms with E-state index in [1.807, 2.05) is 18.2 Å². The Labute approximate surface area is 89.4 Å². The molecule has 0 bridgehead atoms. The molecule has 2 rings (SSSR count). The number of nitrogens with two attached hydrogens (primary N) is 1. The summed E-state index contributed by atoms with van der Waals surface area (Å²) in [6.07, 6.45) is 0. The summed E-state index contributed by atoms with van der Waals surface area (Å²) >= 11 is 0. The van der Waals surface area contributed by atoms with Crippen LogP contribution in [0.1, 0.15) is 6.92 Å². The summed E-state index contributed by atoms with van der Waals surface area (Å²) in [5.74, 6) is 2.09. The molecule has 1 aromatic rings. The summed E-state index contributed by atoms with van der Waals surface area (Å²) in [4.78, 5) is 0. The van der Waals surface area contributed by atoms with E-state index in [0.29, 0.717) is 19.3 Å². The largest absolute Gasteiger partial charge is 0.454 e. The third-order valence-electron chi connectivity index (χ3n) is 2.43. The first kappa shape index (κ1) is 10.1. The van der Waals surface area contributed by atoms with Gasteiger partial charge in [0, 0.05) is 18.3 Å². The van der Waals surface area contributed by atoms with Gasteiger partial charge in [0.15, 0.2) is 11.5 Å². The zero-order valence-electron chi connectivity index (χ0n) is 8.82. The van der Waals surface area contributed by atoms with E-state index in [1.54, 1.807) is 0 Å². The lowest BCUT2D eigenvalue weighted by Gasteiger charge is -2.11. The third-order valence-corrected chi connectivity index (χ3v) is 2.43. The van der Waals surface area contributed by atoms with Crippen LogP contribution in [0.5, 0.6) is 11.5 Å². The van der Waals surface area contributed by atoms with E-state index in [4.69, 9.17) is 15.2 Å². The van der Waals surface area contributed by atoms with Crippen molar-refractivity contribution in [2.24, 2.45) is 11.7 Å². The van der Waals surface area contributed by atoms with Gasteiger partial charge in [0.2, 0.25) is 6.79 Å². The van der Waals surface area contributed by atoms with Crippen molar-refractivity contribution in [2.45, 2.75) is 6.92 Å². The van der Waals surface area contributed by atoms with Crippen molar-refractivity contribution < 1.29 is 9.47 Å². The lowest BCUT2D eigenvalue weighted by molar-refractivity contribution is 0.174. The number of rotatable bonds is 4. The zero-order valence-corrected chi connectivity index (χ0v) is 8.82. The van der Waals surface area contributed by atoms with Crippen molar-refractivity contribution in [3.63, 3.8) is 0 Å². The minimum atomic E-state index is 0.317. The second-order valence-corrected chi connectivity index (χ2v) is 3.79. The number of hydrogen-bond donors (Lipinski definition) is 2. The lowest BCUT2D eigenvalue weighted by atomic mass is 10.2. The van der Waals surface area contributed by atoms with Crippen LogP contribution in [-0.4, -0.2) is 19.9 Å². The Balaban J connectivity index is 1.98. The standard InChI is InChI=1S/C11H16N2O2/c1-8(5-12)6-13-9-2-3-10-11(4-9)15-7-14-10/h2-4,8,13H,5-7,12H2,1H3. The first-order chi connectivity index (χ1) is 7.29. The normalized spacial score (nSPS) is 15.1. The van der Waals surface area contributed by atoms with Gasteiger partial charge in [-0.1, -0.05) is 6.92 Å². The number of nitrogens with one attached hydrogen (secondary N) is 1. The highest BCUT2D eigenvalue weighted by molar-refractivity contribution is 5.55. The summed E-state index contributed by atoms with van der Waals surface area (Å²) in [5.41, 5.74) is 6.58. The average molecular weight is 208 g/mol. The first-order valence-electron chi connectivity index (χ1n) is 5.13. The number of fused-ring (bicyclic) bond motifs is 1. The molecule has 1 unspecified atom stereocenters. The fraction of sp³-hybridized carbons (Fsp3) is 0.455. The molecule has 0 aliphatic carbocycles. The molecule has 1 aliphatic heterocycles. The van der Waals surface area contributed by atoms with Crippen molar-refractivity contribution >= 4 is 5.69 Å². The fourth-order valence-corrected chi connectivity index (χ4v) is 1.38. The summed E-state index contributed by atoms with van der Waals surface area (Å²) in [5, 5.41) is 3.31. The summed E-state index contributed by atoms with van der Waals surface area (Å²) in [7, 11) is 0. The quantitative estimate of drug-likeness (QED) is 0.785. The molecule has 4 heteroatoms. The fourth-order valence-electron chi connectivity index (χ4n) is 1.38. The van der Waals surface area contributed by atoms with Gasteiger partial charge in [-0.3, -0.25) is 0 Å². The van der Waals surface area contributed by atoms with Crippen LogP contribution in [0, 0.1) is 5.92 Å². The van der Waals surface area contributed by atoms with Gasteiger partial charge in [-0.2, -0.15) is 0 Å². The highest BCUT2D eigenvalue weighted by Gasteiger charge is 2.12. The number of anilines is 1. The predicted octanol–water partition coefficient (Wildman–Crippen LogP) is 1.42. The lowest BCUT2D eigenvalue weighted by Crippen LogP contribution is -2.19. The van der Waals surface area contributed by atoms with E-state index in [1.165, 1.54) is 0 Å². The Morgan fingerprint density at radius 2 is 2.20 bits per heavy atom. The van der Waals surface area contributed by atoms with Gasteiger partial charge >= 0.3 is 0 Å². The molecule has 82 valence electrons. The van der Waals surface area contributed by atoms with Gasteiger partial charge in [0.1, 0.15) is 0 Å². The molecule has 3 N–H and O–H groups in total. The summed E-state index contributed by atoms with van der Waals surface area (Å²) in [6.45, 7) is 3.99. The maximum atomic E-state index is 5.54. The van der Waals surface area contributed by atoms with E-state index in [0.717, 1.165) is 23.7 Å². The molecular weight excluding hydrogens is 192 g/mol. The zero-order chi connectivity index (χ0) is 10.7. The van der Waals surface area contributed by atoms with Crippen LogP contribution < -0.4 is 20.5 Å². The van der Waals surface area contributed by atoms with Crippen molar-refractivity contribution in [3.05, 3.63) is 18.2 Å². The highest BCUT2D eigenvalue weighted by Crippen LogP contribution is 2.34. The van der Waals surface area contributed by atoms with Crippen LogP contribution in [0.15, 0.2) is 18.2 Å². The average Bonchev–Trinajstić information content (AvgIpc) is 2.72. The van der Waals surface area contributed by atoms with Crippen LogP contribution >= 0.6 is 0 Å².